The molecule has 0 bridgehead atoms. The SMILES string of the molecule is CCC(C)(CO)CN(C)Cc1csc(Br)c1. The van der Waals surface area contributed by atoms with Crippen LogP contribution in [-0.4, -0.2) is 30.2 Å². The number of halogens is 1. The van der Waals surface area contributed by atoms with Crippen molar-refractivity contribution in [2.24, 2.45) is 5.41 Å². The number of hydrogen-bond acceptors (Lipinski definition) is 3. The highest BCUT2D eigenvalue weighted by Gasteiger charge is 2.22. The van der Waals surface area contributed by atoms with Crippen LogP contribution in [0.15, 0.2) is 15.2 Å². The van der Waals surface area contributed by atoms with Crippen LogP contribution in [0.2, 0.25) is 0 Å². The third-order valence-electron chi connectivity index (χ3n) is 2.96. The molecule has 1 N–H and O–H groups in total. The van der Waals surface area contributed by atoms with Crippen LogP contribution in [0.1, 0.15) is 25.8 Å². The summed E-state index contributed by atoms with van der Waals surface area (Å²) in [4.78, 5) is 2.27. The number of nitrogens with zero attached hydrogens (tertiary/aromatic N) is 1. The first kappa shape index (κ1) is 14.2. The number of rotatable bonds is 6. The van der Waals surface area contributed by atoms with E-state index in [4.69, 9.17) is 0 Å². The van der Waals surface area contributed by atoms with Gasteiger partial charge < -0.3 is 10.0 Å². The molecule has 2 nitrogen and oxygen atoms in total. The zero-order chi connectivity index (χ0) is 12.2. The highest BCUT2D eigenvalue weighted by molar-refractivity contribution is 9.11. The molecule has 0 fully saturated rings. The van der Waals surface area contributed by atoms with Gasteiger partial charge in [0.1, 0.15) is 0 Å². The predicted octanol–water partition coefficient (Wildman–Crippen LogP) is 3.35. The molecule has 1 unspecified atom stereocenters. The van der Waals surface area contributed by atoms with Gasteiger partial charge >= 0.3 is 0 Å². The highest BCUT2D eigenvalue weighted by atomic mass is 79.9. The van der Waals surface area contributed by atoms with Gasteiger partial charge in [-0.3, -0.25) is 0 Å². The van der Waals surface area contributed by atoms with Gasteiger partial charge in [-0.2, -0.15) is 0 Å². The number of hydrogen-bond donors (Lipinski definition) is 1. The van der Waals surface area contributed by atoms with E-state index in [-0.39, 0.29) is 12.0 Å². The van der Waals surface area contributed by atoms with Crippen molar-refractivity contribution in [1.82, 2.24) is 4.90 Å². The number of thiophene rings is 1. The van der Waals surface area contributed by atoms with Crippen molar-refractivity contribution in [3.8, 4) is 0 Å². The molecule has 1 aromatic rings. The lowest BCUT2D eigenvalue weighted by molar-refractivity contribution is 0.0930. The van der Waals surface area contributed by atoms with Crippen LogP contribution in [-0.2, 0) is 6.54 Å². The lowest BCUT2D eigenvalue weighted by Gasteiger charge is -2.31. The smallest absolute Gasteiger partial charge is 0.0701 e. The summed E-state index contributed by atoms with van der Waals surface area (Å²) >= 11 is 5.19. The molecule has 1 heterocycles. The standard InChI is InChI=1S/C12H20BrNOS/c1-4-12(2,9-15)8-14(3)6-10-5-11(13)16-7-10/h5,7,15H,4,6,8-9H2,1-3H3. The van der Waals surface area contributed by atoms with E-state index < -0.39 is 0 Å². The van der Waals surface area contributed by atoms with Crippen molar-refractivity contribution in [2.45, 2.75) is 26.8 Å². The van der Waals surface area contributed by atoms with E-state index in [1.165, 1.54) is 9.35 Å². The molecule has 0 saturated heterocycles. The van der Waals surface area contributed by atoms with Gasteiger partial charge in [-0.15, -0.1) is 11.3 Å². The van der Waals surface area contributed by atoms with Gasteiger partial charge in [0.05, 0.1) is 3.79 Å². The van der Waals surface area contributed by atoms with Gasteiger partial charge in [0, 0.05) is 25.1 Å². The van der Waals surface area contributed by atoms with E-state index in [2.05, 4.69) is 53.2 Å². The van der Waals surface area contributed by atoms with E-state index in [0.29, 0.717) is 0 Å². The summed E-state index contributed by atoms with van der Waals surface area (Å²) in [5.41, 5.74) is 1.35. The van der Waals surface area contributed by atoms with Gasteiger partial charge in [0.2, 0.25) is 0 Å². The molecule has 1 aromatic heterocycles. The Morgan fingerprint density at radius 3 is 2.69 bits per heavy atom. The Morgan fingerprint density at radius 1 is 1.56 bits per heavy atom. The van der Waals surface area contributed by atoms with Crippen LogP contribution < -0.4 is 0 Å². The molecular formula is C12H20BrNOS. The van der Waals surface area contributed by atoms with Crippen molar-refractivity contribution in [3.63, 3.8) is 0 Å². The molecule has 1 rings (SSSR count). The first-order valence-electron chi connectivity index (χ1n) is 5.51. The molecule has 0 aliphatic rings. The Labute approximate surface area is 110 Å². The Kier molecular flexibility index (Phi) is 5.44. The fourth-order valence-electron chi connectivity index (χ4n) is 1.72. The summed E-state index contributed by atoms with van der Waals surface area (Å²) in [5.74, 6) is 0. The van der Waals surface area contributed by atoms with Crippen molar-refractivity contribution in [2.75, 3.05) is 20.2 Å². The fourth-order valence-corrected chi connectivity index (χ4v) is 2.92. The molecule has 16 heavy (non-hydrogen) atoms. The van der Waals surface area contributed by atoms with Gasteiger partial charge in [0.15, 0.2) is 0 Å². The number of aliphatic hydroxyl groups is 1. The minimum Gasteiger partial charge on any atom is -0.396 e. The van der Waals surface area contributed by atoms with E-state index in [9.17, 15) is 5.11 Å². The van der Waals surface area contributed by atoms with Gasteiger partial charge in [0.25, 0.3) is 0 Å². The normalized spacial score (nSPS) is 15.4. The summed E-state index contributed by atoms with van der Waals surface area (Å²) in [6.45, 7) is 6.38. The van der Waals surface area contributed by atoms with E-state index in [1.807, 2.05) is 0 Å². The Balaban J connectivity index is 2.50. The first-order valence-corrected chi connectivity index (χ1v) is 7.18. The zero-order valence-corrected chi connectivity index (χ0v) is 12.6. The van der Waals surface area contributed by atoms with Crippen LogP contribution >= 0.6 is 27.3 Å². The minimum atomic E-state index is 0.0159. The molecule has 0 radical (unpaired) electrons. The van der Waals surface area contributed by atoms with Crippen LogP contribution in [0.3, 0.4) is 0 Å². The quantitative estimate of drug-likeness (QED) is 0.871. The Bertz CT molecular complexity index is 323. The third-order valence-corrected chi connectivity index (χ3v) is 4.51. The first-order chi connectivity index (χ1) is 7.49. The molecule has 0 spiro atoms. The molecule has 1 atom stereocenters. The molecule has 4 heteroatoms. The van der Waals surface area contributed by atoms with Gasteiger partial charge in [-0.05, 0) is 46.4 Å². The highest BCUT2D eigenvalue weighted by Crippen LogP contribution is 2.24. The molecule has 0 aliphatic heterocycles. The molecule has 0 aromatic carbocycles. The Morgan fingerprint density at radius 2 is 2.25 bits per heavy atom. The van der Waals surface area contributed by atoms with Crippen LogP contribution in [0, 0.1) is 5.41 Å². The second-order valence-corrected chi connectivity index (χ2v) is 7.04. The second kappa shape index (κ2) is 6.15. The van der Waals surface area contributed by atoms with E-state index >= 15 is 0 Å². The van der Waals surface area contributed by atoms with Crippen molar-refractivity contribution < 1.29 is 5.11 Å². The average molecular weight is 306 g/mol. The topological polar surface area (TPSA) is 23.5 Å². The summed E-state index contributed by atoms with van der Waals surface area (Å²) in [6.07, 6.45) is 1.00. The third kappa shape index (κ3) is 4.17. The lowest BCUT2D eigenvalue weighted by atomic mass is 9.88. The predicted molar refractivity (Wildman–Crippen MR) is 73.8 cm³/mol. The van der Waals surface area contributed by atoms with Gasteiger partial charge in [-0.25, -0.2) is 0 Å². The number of aliphatic hydroxyl groups excluding tert-OH is 1. The zero-order valence-electron chi connectivity index (χ0n) is 10.2. The van der Waals surface area contributed by atoms with Crippen LogP contribution in [0.5, 0.6) is 0 Å². The Hall–Kier alpha value is 0.100. The van der Waals surface area contributed by atoms with Crippen molar-refractivity contribution >= 4 is 27.3 Å². The molecule has 0 aliphatic carbocycles. The molecule has 92 valence electrons. The average Bonchev–Trinajstić information content (AvgIpc) is 2.63. The monoisotopic (exact) mass is 305 g/mol. The maximum absolute atomic E-state index is 9.37. The minimum absolute atomic E-state index is 0.0159. The second-order valence-electron chi connectivity index (χ2n) is 4.75. The van der Waals surface area contributed by atoms with Crippen LogP contribution in [0.4, 0.5) is 0 Å². The molecule has 0 amide bonds. The van der Waals surface area contributed by atoms with E-state index in [0.717, 1.165) is 19.5 Å². The maximum Gasteiger partial charge on any atom is 0.0701 e. The molecular weight excluding hydrogens is 286 g/mol. The van der Waals surface area contributed by atoms with Gasteiger partial charge in [-0.1, -0.05) is 13.8 Å². The maximum atomic E-state index is 9.37. The summed E-state index contributed by atoms with van der Waals surface area (Å²) in [7, 11) is 2.11. The van der Waals surface area contributed by atoms with Crippen molar-refractivity contribution in [3.05, 3.63) is 20.8 Å². The molecule has 0 saturated carbocycles. The summed E-state index contributed by atoms with van der Waals surface area (Å²) < 4.78 is 1.18. The van der Waals surface area contributed by atoms with E-state index in [1.54, 1.807) is 11.3 Å². The summed E-state index contributed by atoms with van der Waals surface area (Å²) in [5, 5.41) is 11.5. The fraction of sp³-hybridized carbons (Fsp3) is 0.667. The lowest BCUT2D eigenvalue weighted by Crippen LogP contribution is -2.35. The van der Waals surface area contributed by atoms with Crippen LogP contribution in [0.25, 0.3) is 0 Å². The largest absolute Gasteiger partial charge is 0.396 e. The van der Waals surface area contributed by atoms with Crippen molar-refractivity contribution in [1.29, 1.82) is 0 Å². The summed E-state index contributed by atoms with van der Waals surface area (Å²) in [6, 6.07) is 2.16.